The van der Waals surface area contributed by atoms with E-state index in [4.69, 9.17) is 80.5 Å². The maximum Gasteiger partial charge on any atom is 0.320 e. The number of hydrogen-bond acceptors (Lipinski definition) is 22. The van der Waals surface area contributed by atoms with Gasteiger partial charge in [0.2, 0.25) is 5.91 Å². The number of carbonyl (C=O) groups is 4. The summed E-state index contributed by atoms with van der Waals surface area (Å²) in [6.45, 7) is 20.4. The first-order valence-electron chi connectivity index (χ1n) is 25.6. The highest BCUT2D eigenvalue weighted by atomic mass is 16.6. The quantitative estimate of drug-likeness (QED) is 0.0547. The first kappa shape index (κ1) is 66.3. The fourth-order valence-corrected chi connectivity index (χ4v) is 6.21. The lowest BCUT2D eigenvalue weighted by atomic mass is 10.2. The molecule has 1 saturated heterocycles. The number of hydrogen-bond donors (Lipinski definition) is 0. The van der Waals surface area contributed by atoms with Crippen LogP contribution in [0, 0.1) is 0 Å². The zero-order valence-electron chi connectivity index (χ0n) is 44.1. The van der Waals surface area contributed by atoms with Gasteiger partial charge in [0.05, 0.1) is 231 Å². The van der Waals surface area contributed by atoms with E-state index in [-0.39, 0.29) is 56.4 Å². The second-order valence-corrected chi connectivity index (χ2v) is 17.0. The van der Waals surface area contributed by atoms with E-state index in [2.05, 4.69) is 0 Å². The Balaban J connectivity index is 1.45. The van der Waals surface area contributed by atoms with E-state index in [0.29, 0.717) is 224 Å². The van der Waals surface area contributed by atoms with Crippen LogP contribution in [-0.4, -0.2) is 295 Å². The van der Waals surface area contributed by atoms with Crippen molar-refractivity contribution in [2.75, 3.05) is 251 Å². The predicted octanol–water partition coefficient (Wildman–Crippen LogP) is 0.0530. The summed E-state index contributed by atoms with van der Waals surface area (Å²) < 4.78 is 95.1. The van der Waals surface area contributed by atoms with E-state index in [1.807, 2.05) is 25.7 Å². The molecule has 73 heavy (non-hydrogen) atoms. The second kappa shape index (κ2) is 47.6. The minimum atomic E-state index is -0.563. The fraction of sp³-hybridized carbons (Fsp3) is 0.878. The Bertz CT molecular complexity index is 1330. The zero-order chi connectivity index (χ0) is 52.6. The van der Waals surface area contributed by atoms with Gasteiger partial charge in [-0.3, -0.25) is 29.0 Å². The standard InChI is InChI=1S/C49H89N3O21/c1-49(2,3)73-48(56)44-50-7-13-58-19-25-64-31-33-66-27-21-60-15-9-51(10-16-61-22-28-67-34-32-65-26-20-59-14-8-50)45(53)6-12-57-18-24-63-30-36-69-38-40-71-42-43-72-41-39-70-37-35-68-29-23-62-17-11-52-46(54)4-5-47(52)55/h4-5H,6-44H2,1-3H3. The molecule has 0 aromatic heterocycles. The Morgan fingerprint density at radius 3 is 1.04 bits per heavy atom. The molecular formula is C49H89N3O21. The number of esters is 1. The van der Waals surface area contributed by atoms with Crippen molar-refractivity contribution in [3.05, 3.63) is 12.2 Å². The molecule has 0 saturated carbocycles. The summed E-state index contributed by atoms with van der Waals surface area (Å²) in [7, 11) is 0. The van der Waals surface area contributed by atoms with E-state index in [1.54, 1.807) is 4.90 Å². The van der Waals surface area contributed by atoms with Crippen LogP contribution in [0.1, 0.15) is 27.2 Å². The Morgan fingerprint density at radius 2 is 0.712 bits per heavy atom. The van der Waals surface area contributed by atoms with Crippen molar-refractivity contribution in [3.8, 4) is 0 Å². The molecule has 0 bridgehead atoms. The molecule has 24 heteroatoms. The molecule has 0 N–H and O–H groups in total. The van der Waals surface area contributed by atoms with E-state index < -0.39 is 5.60 Å². The SMILES string of the molecule is CC(C)(C)OC(=O)CN1CCOCCOCCOCCOCCN(C(=O)CCOCCOCCOCCOCCOCCOCCOCCOCCN2C(=O)C=CC2=O)CCOCCOCCOCCOCC1. The van der Waals surface area contributed by atoms with Crippen molar-refractivity contribution in [2.24, 2.45) is 0 Å². The van der Waals surface area contributed by atoms with Gasteiger partial charge in [0.25, 0.3) is 11.8 Å². The summed E-state index contributed by atoms with van der Waals surface area (Å²) in [5, 5.41) is 0. The number of amides is 3. The molecule has 0 spiro atoms. The number of nitrogens with zero attached hydrogens (tertiary/aromatic N) is 3. The molecule has 24 nitrogen and oxygen atoms in total. The van der Waals surface area contributed by atoms with Crippen LogP contribution in [0.25, 0.3) is 0 Å². The van der Waals surface area contributed by atoms with Gasteiger partial charge in [0.15, 0.2) is 0 Å². The van der Waals surface area contributed by atoms with Crippen LogP contribution in [0.15, 0.2) is 12.2 Å². The van der Waals surface area contributed by atoms with Crippen molar-refractivity contribution >= 4 is 23.7 Å². The van der Waals surface area contributed by atoms with E-state index >= 15 is 0 Å². The van der Waals surface area contributed by atoms with Crippen molar-refractivity contribution in [3.63, 3.8) is 0 Å². The highest BCUT2D eigenvalue weighted by Crippen LogP contribution is 2.08. The zero-order valence-corrected chi connectivity index (χ0v) is 44.1. The number of imide groups is 1. The second-order valence-electron chi connectivity index (χ2n) is 17.0. The van der Waals surface area contributed by atoms with Gasteiger partial charge in [-0.25, -0.2) is 0 Å². The Kier molecular flexibility index (Phi) is 43.2. The summed E-state index contributed by atoms with van der Waals surface area (Å²) in [6, 6.07) is 0. The van der Waals surface area contributed by atoms with Crippen LogP contribution >= 0.6 is 0 Å². The maximum absolute atomic E-state index is 13.1. The molecular weight excluding hydrogens is 967 g/mol. The molecule has 426 valence electrons. The largest absolute Gasteiger partial charge is 0.459 e. The minimum absolute atomic E-state index is 0.0641. The highest BCUT2D eigenvalue weighted by molar-refractivity contribution is 6.12. The minimum Gasteiger partial charge on any atom is -0.459 e. The van der Waals surface area contributed by atoms with Gasteiger partial charge in [0, 0.05) is 38.3 Å². The topological polar surface area (TPSA) is 235 Å². The van der Waals surface area contributed by atoms with Gasteiger partial charge in [-0.05, 0) is 20.8 Å². The average Bonchev–Trinajstić information content (AvgIpc) is 3.68. The Morgan fingerprint density at radius 1 is 0.425 bits per heavy atom. The van der Waals surface area contributed by atoms with Crippen LogP contribution in [0.2, 0.25) is 0 Å². The molecule has 0 radical (unpaired) electrons. The van der Waals surface area contributed by atoms with E-state index in [1.165, 1.54) is 12.2 Å². The van der Waals surface area contributed by atoms with Gasteiger partial charge < -0.3 is 85.4 Å². The third kappa shape index (κ3) is 42.0. The van der Waals surface area contributed by atoms with E-state index in [9.17, 15) is 19.2 Å². The third-order valence-corrected chi connectivity index (χ3v) is 9.90. The molecule has 0 aromatic carbocycles. The molecule has 0 aromatic rings. The van der Waals surface area contributed by atoms with Crippen molar-refractivity contribution in [1.29, 1.82) is 0 Å². The monoisotopic (exact) mass is 1060 g/mol. The average molecular weight is 1060 g/mol. The molecule has 2 heterocycles. The lowest BCUT2D eigenvalue weighted by Crippen LogP contribution is -2.38. The highest BCUT2D eigenvalue weighted by Gasteiger charge is 2.23. The van der Waals surface area contributed by atoms with Crippen LogP contribution < -0.4 is 0 Å². The molecule has 3 amide bonds. The molecule has 2 aliphatic rings. The first-order valence-corrected chi connectivity index (χ1v) is 25.6. The lowest BCUT2D eigenvalue weighted by molar-refractivity contribution is -0.156. The van der Waals surface area contributed by atoms with Crippen molar-refractivity contribution < 1.29 is 99.7 Å². The van der Waals surface area contributed by atoms with Gasteiger partial charge >= 0.3 is 5.97 Å². The molecule has 2 rings (SSSR count). The maximum atomic E-state index is 13.1. The summed E-state index contributed by atoms with van der Waals surface area (Å²) in [6.07, 6.45) is 2.71. The smallest absolute Gasteiger partial charge is 0.320 e. The van der Waals surface area contributed by atoms with Gasteiger partial charge in [0.1, 0.15) is 5.60 Å². The normalized spacial score (nSPS) is 18.3. The molecule has 2 aliphatic heterocycles. The Labute approximate surface area is 432 Å². The molecule has 0 unspecified atom stereocenters. The van der Waals surface area contributed by atoms with Crippen LogP contribution in [0.4, 0.5) is 0 Å². The van der Waals surface area contributed by atoms with E-state index in [0.717, 1.165) is 4.90 Å². The van der Waals surface area contributed by atoms with Gasteiger partial charge in [-0.1, -0.05) is 0 Å². The molecule has 0 atom stereocenters. The molecule has 1 fully saturated rings. The first-order chi connectivity index (χ1) is 35.7. The predicted molar refractivity (Wildman–Crippen MR) is 262 cm³/mol. The summed E-state index contributed by atoms with van der Waals surface area (Å²) >= 11 is 0. The molecule has 0 aliphatic carbocycles. The van der Waals surface area contributed by atoms with Crippen LogP contribution in [0.5, 0.6) is 0 Å². The number of carbonyl (C=O) groups excluding carboxylic acids is 4. The lowest BCUT2D eigenvalue weighted by Gasteiger charge is -2.25. The van der Waals surface area contributed by atoms with Gasteiger partial charge in [-0.15, -0.1) is 0 Å². The van der Waals surface area contributed by atoms with Crippen LogP contribution in [0.3, 0.4) is 0 Å². The number of rotatable bonds is 29. The van der Waals surface area contributed by atoms with Crippen molar-refractivity contribution in [2.45, 2.75) is 32.8 Å². The fourth-order valence-electron chi connectivity index (χ4n) is 6.21. The van der Waals surface area contributed by atoms with Crippen LogP contribution in [-0.2, 0) is 99.7 Å². The van der Waals surface area contributed by atoms with Gasteiger partial charge in [-0.2, -0.15) is 0 Å². The summed E-state index contributed by atoms with van der Waals surface area (Å²) in [5.41, 5.74) is -0.563. The summed E-state index contributed by atoms with van der Waals surface area (Å²) in [4.78, 5) is 53.3. The van der Waals surface area contributed by atoms with Crippen molar-refractivity contribution in [1.82, 2.24) is 14.7 Å². The Hall–Kier alpha value is -2.86. The number of ether oxygens (including phenoxy) is 17. The summed E-state index contributed by atoms with van der Waals surface area (Å²) in [5.74, 6) is -1.000. The third-order valence-electron chi connectivity index (χ3n) is 9.90.